The Morgan fingerprint density at radius 1 is 1.19 bits per heavy atom. The second-order valence-electron chi connectivity index (χ2n) is 6.22. The molecule has 0 spiro atoms. The predicted octanol–water partition coefficient (Wildman–Crippen LogP) is 3.81. The van der Waals surface area contributed by atoms with Crippen LogP contribution in [0.15, 0.2) is 48.7 Å². The van der Waals surface area contributed by atoms with Gasteiger partial charge in [0.25, 0.3) is 0 Å². The van der Waals surface area contributed by atoms with Crippen molar-refractivity contribution in [3.63, 3.8) is 0 Å². The third-order valence-corrected chi connectivity index (χ3v) is 4.84. The van der Waals surface area contributed by atoms with Gasteiger partial charge in [0.05, 0.1) is 23.3 Å². The topological polar surface area (TPSA) is 67.2 Å². The van der Waals surface area contributed by atoms with Crippen molar-refractivity contribution in [3.8, 4) is 5.69 Å². The summed E-state index contributed by atoms with van der Waals surface area (Å²) in [5.41, 5.74) is 5.29. The average molecular weight is 388 g/mol. The molecule has 0 saturated carbocycles. The molecule has 0 radical (unpaired) electrons. The quantitative estimate of drug-likeness (QED) is 0.499. The normalized spacial score (nSPS) is 10.8. The average Bonchev–Trinajstić information content (AvgIpc) is 3.05. The number of rotatable bonds is 6. The number of nitrogens with one attached hydrogen (secondary N) is 1. The number of nitrogens with zero attached hydrogens (tertiary/aromatic N) is 2. The van der Waals surface area contributed by atoms with Crippen LogP contribution in [0, 0.1) is 12.7 Å². The first-order valence-electron chi connectivity index (χ1n) is 8.49. The van der Waals surface area contributed by atoms with Gasteiger partial charge in [-0.05, 0) is 49.1 Å². The number of para-hydroxylation sites is 1. The molecule has 1 heterocycles. The largest absolute Gasteiger partial charge is 0.289 e. The first kappa shape index (κ1) is 19.1. The van der Waals surface area contributed by atoms with Crippen LogP contribution >= 0.6 is 11.6 Å². The van der Waals surface area contributed by atoms with Crippen LogP contribution in [0.1, 0.15) is 22.4 Å². The van der Waals surface area contributed by atoms with Gasteiger partial charge in [-0.3, -0.25) is 10.0 Å². The second kappa shape index (κ2) is 8.33. The maximum Gasteiger partial charge on any atom is 0.247 e. The molecule has 0 fully saturated rings. The fraction of sp³-hybridized carbons (Fsp3) is 0.200. The lowest BCUT2D eigenvalue weighted by Gasteiger charge is -2.12. The number of halogens is 2. The zero-order chi connectivity index (χ0) is 19.4. The number of aryl methyl sites for hydroxylation is 1. The molecule has 0 unspecified atom stereocenters. The molecule has 1 amide bonds. The van der Waals surface area contributed by atoms with Crippen molar-refractivity contribution in [2.45, 2.75) is 26.2 Å². The predicted molar refractivity (Wildman–Crippen MR) is 101 cm³/mol. The van der Waals surface area contributed by atoms with Crippen molar-refractivity contribution in [3.05, 3.63) is 81.9 Å². The molecule has 0 bridgehead atoms. The smallest absolute Gasteiger partial charge is 0.247 e. The van der Waals surface area contributed by atoms with E-state index in [4.69, 9.17) is 16.8 Å². The Morgan fingerprint density at radius 2 is 1.96 bits per heavy atom. The Hall–Kier alpha value is -2.70. The Labute approximate surface area is 161 Å². The van der Waals surface area contributed by atoms with Crippen LogP contribution in [-0.4, -0.2) is 20.9 Å². The van der Waals surface area contributed by atoms with E-state index in [1.807, 2.05) is 24.3 Å². The first-order valence-corrected chi connectivity index (χ1v) is 8.86. The van der Waals surface area contributed by atoms with Crippen molar-refractivity contribution in [1.82, 2.24) is 15.3 Å². The number of carbonyl (C=O) groups is 1. The Kier molecular flexibility index (Phi) is 5.88. The molecule has 0 aliphatic carbocycles. The van der Waals surface area contributed by atoms with Crippen LogP contribution in [0.25, 0.3) is 5.69 Å². The third-order valence-electron chi connectivity index (χ3n) is 4.52. The lowest BCUT2D eigenvalue weighted by molar-refractivity contribution is -0.128. The summed E-state index contributed by atoms with van der Waals surface area (Å²) >= 11 is 6.31. The minimum atomic E-state index is -0.531. The fourth-order valence-corrected chi connectivity index (χ4v) is 3.26. The van der Waals surface area contributed by atoms with E-state index in [0.29, 0.717) is 34.7 Å². The summed E-state index contributed by atoms with van der Waals surface area (Å²) in [6.07, 6.45) is 2.68. The molecular weight excluding hydrogens is 369 g/mol. The van der Waals surface area contributed by atoms with E-state index in [1.54, 1.807) is 35.4 Å². The highest BCUT2D eigenvalue weighted by atomic mass is 35.5. The molecule has 5 nitrogen and oxygen atoms in total. The molecule has 2 aromatic carbocycles. The summed E-state index contributed by atoms with van der Waals surface area (Å²) < 4.78 is 15.5. The molecule has 3 aromatic rings. The number of hydrogen-bond donors (Lipinski definition) is 2. The van der Waals surface area contributed by atoms with Gasteiger partial charge in [0.15, 0.2) is 0 Å². The molecular formula is C20H19ClFN3O2. The number of aromatic nitrogens is 2. The van der Waals surface area contributed by atoms with Gasteiger partial charge in [-0.15, -0.1) is 0 Å². The molecule has 3 rings (SSSR count). The van der Waals surface area contributed by atoms with E-state index >= 15 is 0 Å². The number of amides is 1. The van der Waals surface area contributed by atoms with Crippen LogP contribution in [0.3, 0.4) is 0 Å². The maximum absolute atomic E-state index is 13.8. The molecule has 140 valence electrons. The summed E-state index contributed by atoms with van der Waals surface area (Å²) in [7, 11) is 0. The monoisotopic (exact) mass is 387 g/mol. The highest BCUT2D eigenvalue weighted by Gasteiger charge is 2.17. The number of benzene rings is 2. The molecule has 7 heteroatoms. The fourth-order valence-electron chi connectivity index (χ4n) is 3.04. The van der Waals surface area contributed by atoms with Crippen molar-refractivity contribution in [2.24, 2.45) is 0 Å². The van der Waals surface area contributed by atoms with Crippen molar-refractivity contribution in [2.75, 3.05) is 0 Å². The number of hydrogen-bond acceptors (Lipinski definition) is 3. The number of carbonyl (C=O) groups excluding carboxylic acids is 1. The summed E-state index contributed by atoms with van der Waals surface area (Å²) in [6, 6.07) is 12.3. The minimum Gasteiger partial charge on any atom is -0.289 e. The van der Waals surface area contributed by atoms with Gasteiger partial charge in [0.2, 0.25) is 5.91 Å². The highest BCUT2D eigenvalue weighted by molar-refractivity contribution is 6.32. The molecule has 2 N–H and O–H groups in total. The van der Waals surface area contributed by atoms with E-state index < -0.39 is 5.91 Å². The summed E-state index contributed by atoms with van der Waals surface area (Å²) in [4.78, 5) is 11.6. The van der Waals surface area contributed by atoms with Crippen LogP contribution in [0.2, 0.25) is 5.02 Å². The Balaban J connectivity index is 1.97. The highest BCUT2D eigenvalue weighted by Crippen LogP contribution is 2.24. The summed E-state index contributed by atoms with van der Waals surface area (Å²) in [6.45, 7) is 1.75. The summed E-state index contributed by atoms with van der Waals surface area (Å²) in [5, 5.41) is 13.8. The third kappa shape index (κ3) is 4.18. The first-order chi connectivity index (χ1) is 13.0. The second-order valence-corrected chi connectivity index (χ2v) is 6.62. The van der Waals surface area contributed by atoms with Gasteiger partial charge in [-0.1, -0.05) is 35.9 Å². The molecule has 1 aromatic heterocycles. The standard InChI is InChI=1S/C20H19ClFN3O2/c1-13-14(5-4-7-17(13)22)9-10-18-15(11-20(26)24-27)12-23-25(18)19-8-3-2-6-16(19)21/h2-8,12,27H,9-11H2,1H3,(H,24,26). The zero-order valence-corrected chi connectivity index (χ0v) is 15.5. The number of hydroxylamine groups is 1. The Bertz CT molecular complexity index is 972. The lowest BCUT2D eigenvalue weighted by Crippen LogP contribution is -2.21. The molecule has 0 aliphatic rings. The van der Waals surface area contributed by atoms with Crippen molar-refractivity contribution in [1.29, 1.82) is 0 Å². The van der Waals surface area contributed by atoms with Gasteiger partial charge >= 0.3 is 0 Å². The van der Waals surface area contributed by atoms with E-state index in [0.717, 1.165) is 11.3 Å². The van der Waals surface area contributed by atoms with Crippen molar-refractivity contribution < 1.29 is 14.4 Å². The van der Waals surface area contributed by atoms with E-state index in [2.05, 4.69) is 5.10 Å². The van der Waals surface area contributed by atoms with E-state index in [-0.39, 0.29) is 12.2 Å². The van der Waals surface area contributed by atoms with Crippen LogP contribution in [0.5, 0.6) is 0 Å². The van der Waals surface area contributed by atoms with Gasteiger partial charge < -0.3 is 0 Å². The lowest BCUT2D eigenvalue weighted by atomic mass is 10.0. The molecule has 0 atom stereocenters. The van der Waals surface area contributed by atoms with Crippen molar-refractivity contribution >= 4 is 17.5 Å². The SMILES string of the molecule is Cc1c(F)cccc1CCc1c(CC(=O)NO)cnn1-c1ccccc1Cl. The van der Waals surface area contributed by atoms with Crippen LogP contribution in [-0.2, 0) is 24.1 Å². The van der Waals surface area contributed by atoms with Gasteiger partial charge in [-0.25, -0.2) is 14.6 Å². The maximum atomic E-state index is 13.8. The van der Waals surface area contributed by atoms with Gasteiger partial charge in [-0.2, -0.15) is 5.10 Å². The van der Waals surface area contributed by atoms with Crippen LogP contribution < -0.4 is 5.48 Å². The van der Waals surface area contributed by atoms with Gasteiger partial charge in [0.1, 0.15) is 5.82 Å². The summed E-state index contributed by atoms with van der Waals surface area (Å²) in [5.74, 6) is -0.774. The molecule has 0 aliphatic heterocycles. The van der Waals surface area contributed by atoms with Crippen LogP contribution in [0.4, 0.5) is 4.39 Å². The van der Waals surface area contributed by atoms with E-state index in [1.165, 1.54) is 6.07 Å². The minimum absolute atomic E-state index is 0.0155. The molecule has 0 saturated heterocycles. The Morgan fingerprint density at radius 3 is 2.70 bits per heavy atom. The van der Waals surface area contributed by atoms with E-state index in [9.17, 15) is 9.18 Å². The zero-order valence-electron chi connectivity index (χ0n) is 14.7. The molecule has 27 heavy (non-hydrogen) atoms. The van der Waals surface area contributed by atoms with Gasteiger partial charge in [0, 0.05) is 11.3 Å².